The molecule has 0 aromatic heterocycles. The number of ether oxygens (including phenoxy) is 3. The highest BCUT2D eigenvalue weighted by molar-refractivity contribution is 5.87. The van der Waals surface area contributed by atoms with E-state index in [0.717, 1.165) is 18.4 Å². The van der Waals surface area contributed by atoms with E-state index < -0.39 is 36.0 Å². The monoisotopic (exact) mass is 442 g/mol. The van der Waals surface area contributed by atoms with E-state index in [1.165, 1.54) is 6.08 Å². The first-order valence-corrected chi connectivity index (χ1v) is 11.7. The van der Waals surface area contributed by atoms with Crippen molar-refractivity contribution in [2.24, 2.45) is 23.7 Å². The number of aliphatic hydroxyl groups is 1. The first kappa shape index (κ1) is 23.0. The third-order valence-corrected chi connectivity index (χ3v) is 8.01. The van der Waals surface area contributed by atoms with E-state index >= 15 is 0 Å². The molecule has 174 valence electrons. The fourth-order valence-corrected chi connectivity index (χ4v) is 6.33. The predicted molar refractivity (Wildman–Crippen MR) is 119 cm³/mol. The molecule has 32 heavy (non-hydrogen) atoms. The molecule has 0 radical (unpaired) electrons. The summed E-state index contributed by atoms with van der Waals surface area (Å²) in [6.45, 7) is 7.71. The molecular formula is C26H34O6. The van der Waals surface area contributed by atoms with E-state index in [4.69, 9.17) is 14.2 Å². The third kappa shape index (κ3) is 3.77. The summed E-state index contributed by atoms with van der Waals surface area (Å²) >= 11 is 0. The highest BCUT2D eigenvalue weighted by Crippen LogP contribution is 2.63. The summed E-state index contributed by atoms with van der Waals surface area (Å²) in [7, 11) is 0. The van der Waals surface area contributed by atoms with Gasteiger partial charge in [-0.1, -0.05) is 51.1 Å². The highest BCUT2D eigenvalue weighted by Gasteiger charge is 2.72. The summed E-state index contributed by atoms with van der Waals surface area (Å²) in [6, 6.07) is 9.64. The molecule has 1 aromatic rings. The van der Waals surface area contributed by atoms with Gasteiger partial charge < -0.3 is 19.3 Å². The van der Waals surface area contributed by atoms with E-state index in [2.05, 4.69) is 20.8 Å². The molecule has 3 aliphatic rings. The fraction of sp³-hybridized carbons (Fsp3) is 0.615. The number of hydrogen-bond acceptors (Lipinski definition) is 6. The Hall–Kier alpha value is -2.18. The van der Waals surface area contributed by atoms with Crippen LogP contribution in [0.3, 0.4) is 0 Å². The van der Waals surface area contributed by atoms with Gasteiger partial charge in [-0.25, -0.2) is 9.59 Å². The largest absolute Gasteiger partial charge is 0.457 e. The Labute approximate surface area is 189 Å². The second-order valence-corrected chi connectivity index (χ2v) is 10.1. The van der Waals surface area contributed by atoms with E-state index in [0.29, 0.717) is 12.3 Å². The number of carbonyl (C=O) groups excluding carboxylic acids is 2. The molecule has 2 aliphatic heterocycles. The van der Waals surface area contributed by atoms with Crippen LogP contribution in [0.1, 0.15) is 52.5 Å². The number of benzene rings is 1. The lowest BCUT2D eigenvalue weighted by Gasteiger charge is -2.52. The van der Waals surface area contributed by atoms with Crippen LogP contribution in [0, 0.1) is 23.7 Å². The van der Waals surface area contributed by atoms with Gasteiger partial charge >= 0.3 is 11.9 Å². The van der Waals surface area contributed by atoms with Gasteiger partial charge in [0.1, 0.15) is 30.0 Å². The Kier molecular flexibility index (Phi) is 6.21. The number of rotatable bonds is 6. The number of aliphatic hydroxyl groups excluding tert-OH is 1. The SMILES string of the molecule is CC(C)[C@]12C[C@H](OC(=O)CO)[C@](C)(O1)[C@H]1CC[C@H](C)[C@@H]1[C@H]2OC(=O)/C=C/c1ccccc1. The molecule has 6 heteroatoms. The highest BCUT2D eigenvalue weighted by atomic mass is 16.6. The average Bonchev–Trinajstić information content (AvgIpc) is 3.28. The molecule has 6 nitrogen and oxygen atoms in total. The zero-order valence-electron chi connectivity index (χ0n) is 19.3. The summed E-state index contributed by atoms with van der Waals surface area (Å²) < 4.78 is 18.6. The average molecular weight is 443 g/mol. The van der Waals surface area contributed by atoms with Crippen molar-refractivity contribution in [1.82, 2.24) is 0 Å². The predicted octanol–water partition coefficient (Wildman–Crippen LogP) is 3.77. The second-order valence-electron chi connectivity index (χ2n) is 10.1. The van der Waals surface area contributed by atoms with Gasteiger partial charge in [0.05, 0.1) is 0 Å². The van der Waals surface area contributed by atoms with E-state index in [1.807, 2.05) is 37.3 Å². The van der Waals surface area contributed by atoms with Gasteiger partial charge in [0, 0.05) is 18.4 Å². The van der Waals surface area contributed by atoms with Crippen LogP contribution in [0.4, 0.5) is 0 Å². The van der Waals surface area contributed by atoms with Crippen LogP contribution in [0.5, 0.6) is 0 Å². The van der Waals surface area contributed by atoms with Crippen molar-refractivity contribution in [3.05, 3.63) is 42.0 Å². The van der Waals surface area contributed by atoms with Crippen molar-refractivity contribution < 1.29 is 28.9 Å². The van der Waals surface area contributed by atoms with Gasteiger partial charge in [-0.15, -0.1) is 0 Å². The minimum absolute atomic E-state index is 0.0457. The number of fused-ring (bicyclic) bond motifs is 4. The molecule has 0 amide bonds. The van der Waals surface area contributed by atoms with E-state index in [1.54, 1.807) is 6.08 Å². The van der Waals surface area contributed by atoms with Gasteiger partial charge in [-0.2, -0.15) is 0 Å². The maximum absolute atomic E-state index is 12.9. The molecule has 1 aromatic carbocycles. The van der Waals surface area contributed by atoms with Crippen LogP contribution in [0.25, 0.3) is 6.08 Å². The van der Waals surface area contributed by atoms with E-state index in [-0.39, 0.29) is 23.7 Å². The molecule has 3 fully saturated rings. The van der Waals surface area contributed by atoms with Crippen molar-refractivity contribution >= 4 is 18.0 Å². The molecule has 4 rings (SSSR count). The maximum atomic E-state index is 12.9. The molecular weight excluding hydrogens is 408 g/mol. The summed E-state index contributed by atoms with van der Waals surface area (Å²) in [5.74, 6) is -0.385. The lowest BCUT2D eigenvalue weighted by Crippen LogP contribution is -2.62. The number of esters is 2. The Morgan fingerprint density at radius 2 is 1.94 bits per heavy atom. The maximum Gasteiger partial charge on any atom is 0.332 e. The molecule has 0 unspecified atom stereocenters. The number of carbonyl (C=O) groups is 2. The normalized spacial score (nSPS) is 38.1. The summed E-state index contributed by atoms with van der Waals surface area (Å²) in [5, 5.41) is 9.25. The van der Waals surface area contributed by atoms with Crippen molar-refractivity contribution in [3.8, 4) is 0 Å². The third-order valence-electron chi connectivity index (χ3n) is 8.01. The molecule has 1 N–H and O–H groups in total. The van der Waals surface area contributed by atoms with Gasteiger partial charge in [-0.3, -0.25) is 0 Å². The zero-order valence-corrected chi connectivity index (χ0v) is 19.3. The molecule has 1 aliphatic carbocycles. The molecule has 0 spiro atoms. The summed E-state index contributed by atoms with van der Waals surface area (Å²) in [6.07, 6.45) is 4.72. The summed E-state index contributed by atoms with van der Waals surface area (Å²) in [5.41, 5.74) is -0.474. The lowest BCUT2D eigenvalue weighted by molar-refractivity contribution is -0.264. The van der Waals surface area contributed by atoms with E-state index in [9.17, 15) is 14.7 Å². The fourth-order valence-electron chi connectivity index (χ4n) is 6.33. The van der Waals surface area contributed by atoms with Crippen LogP contribution < -0.4 is 0 Å². The van der Waals surface area contributed by atoms with Crippen molar-refractivity contribution in [2.45, 2.75) is 70.4 Å². The Bertz CT molecular complexity index is 880. The zero-order chi connectivity index (χ0) is 23.1. The lowest BCUT2D eigenvalue weighted by atomic mass is 9.69. The molecule has 7 atom stereocenters. The molecule has 2 bridgehead atoms. The second kappa shape index (κ2) is 8.64. The summed E-state index contributed by atoms with van der Waals surface area (Å²) in [4.78, 5) is 24.9. The Morgan fingerprint density at radius 1 is 1.22 bits per heavy atom. The molecule has 1 saturated carbocycles. The minimum Gasteiger partial charge on any atom is -0.457 e. The van der Waals surface area contributed by atoms with Crippen LogP contribution in [0.15, 0.2) is 36.4 Å². The van der Waals surface area contributed by atoms with Gasteiger partial charge in [0.15, 0.2) is 0 Å². The van der Waals surface area contributed by atoms with Crippen molar-refractivity contribution in [2.75, 3.05) is 6.61 Å². The van der Waals surface area contributed by atoms with Crippen LogP contribution in [-0.2, 0) is 23.8 Å². The standard InChI is InChI=1S/C26H34O6/c1-16(2)26-14-20(30-22(29)15-27)25(4,32-26)19-12-10-17(3)23(19)24(26)31-21(28)13-11-18-8-6-5-7-9-18/h5-9,11,13,16-17,19-20,23-24,27H,10,12,14-15H2,1-4H3/b13-11+/t17-,19-,20-,23-,24+,25+,26-/m0/s1. The van der Waals surface area contributed by atoms with Gasteiger partial charge in [0.25, 0.3) is 0 Å². The van der Waals surface area contributed by atoms with Gasteiger partial charge in [0.2, 0.25) is 0 Å². The molecule has 2 heterocycles. The minimum atomic E-state index is -0.745. The topological polar surface area (TPSA) is 82.1 Å². The Balaban J connectivity index is 1.65. The van der Waals surface area contributed by atoms with Crippen LogP contribution in [-0.4, -0.2) is 47.1 Å². The van der Waals surface area contributed by atoms with Crippen molar-refractivity contribution in [3.63, 3.8) is 0 Å². The first-order chi connectivity index (χ1) is 15.2. The van der Waals surface area contributed by atoms with Crippen molar-refractivity contribution in [1.29, 1.82) is 0 Å². The Morgan fingerprint density at radius 3 is 2.59 bits per heavy atom. The first-order valence-electron chi connectivity index (χ1n) is 11.7. The van der Waals surface area contributed by atoms with Crippen LogP contribution in [0.2, 0.25) is 0 Å². The van der Waals surface area contributed by atoms with Gasteiger partial charge in [-0.05, 0) is 49.2 Å². The number of hydrogen-bond donors (Lipinski definition) is 1. The van der Waals surface area contributed by atoms with Crippen LogP contribution >= 0.6 is 0 Å². The smallest absolute Gasteiger partial charge is 0.332 e. The molecule has 2 saturated heterocycles. The quantitative estimate of drug-likeness (QED) is 0.534.